The number of furan rings is 1. The quantitative estimate of drug-likeness (QED) is 0.530. The highest BCUT2D eigenvalue weighted by atomic mass is 79.9. The van der Waals surface area contributed by atoms with Gasteiger partial charge in [0.2, 0.25) is 5.91 Å². The number of nitrogens with one attached hydrogen (secondary N) is 2. The molecule has 1 aliphatic carbocycles. The molecule has 0 saturated heterocycles. The molecule has 2 aromatic rings. The van der Waals surface area contributed by atoms with Crippen molar-refractivity contribution in [3.05, 3.63) is 52.4 Å². The van der Waals surface area contributed by atoms with Crippen LogP contribution in [0.15, 0.2) is 50.6 Å². The Kier molecular flexibility index (Phi) is 6.45. The van der Waals surface area contributed by atoms with Crippen molar-refractivity contribution in [3.8, 4) is 0 Å². The first-order valence-electron chi connectivity index (χ1n) is 9.04. The molecule has 3 rings (SSSR count). The molecule has 0 aliphatic heterocycles. The van der Waals surface area contributed by atoms with Crippen molar-refractivity contribution < 1.29 is 14.0 Å². The summed E-state index contributed by atoms with van der Waals surface area (Å²) in [6.07, 6.45) is 5.44. The van der Waals surface area contributed by atoms with E-state index in [2.05, 4.69) is 31.8 Å². The Balaban J connectivity index is 1.57. The summed E-state index contributed by atoms with van der Waals surface area (Å²) in [5.74, 6) is -0.0149. The molecule has 0 bridgehead atoms. The lowest BCUT2D eigenvalue weighted by Crippen LogP contribution is -2.24. The van der Waals surface area contributed by atoms with Crippen LogP contribution in [0, 0.1) is 5.92 Å². The predicted molar refractivity (Wildman–Crippen MR) is 108 cm³/mol. The zero-order chi connectivity index (χ0) is 19.2. The summed E-state index contributed by atoms with van der Waals surface area (Å²) < 4.78 is 5.67. The molecule has 0 spiro atoms. The molecule has 2 amide bonds. The van der Waals surface area contributed by atoms with E-state index in [4.69, 9.17) is 4.42 Å². The summed E-state index contributed by atoms with van der Waals surface area (Å²) in [4.78, 5) is 24.2. The number of carbonyl (C=O) groups excluding carboxylic acids is 2. The van der Waals surface area contributed by atoms with Gasteiger partial charge >= 0.3 is 5.91 Å². The molecular formula is C20H22BrN3O3. The number of halogens is 1. The van der Waals surface area contributed by atoms with Crippen LogP contribution in [0.5, 0.6) is 0 Å². The van der Waals surface area contributed by atoms with Crippen molar-refractivity contribution in [2.75, 3.05) is 5.32 Å². The summed E-state index contributed by atoms with van der Waals surface area (Å²) in [6.45, 7) is 1.80. The molecule has 1 saturated carbocycles. The van der Waals surface area contributed by atoms with Crippen LogP contribution >= 0.6 is 15.9 Å². The standard InChI is InChI=1S/C20H22BrN3O3/c1-13(23-24-20(26)17-11-12-18(21)27-17)14-7-9-16(10-8-14)22-19(25)15-5-3-2-4-6-15/h7-12,15H,2-6H2,1H3,(H,22,25)(H,24,26)/b23-13-. The molecule has 0 unspecified atom stereocenters. The number of nitrogens with zero attached hydrogens (tertiary/aromatic N) is 1. The van der Waals surface area contributed by atoms with E-state index in [1.165, 1.54) is 6.42 Å². The fourth-order valence-electron chi connectivity index (χ4n) is 3.09. The second kappa shape index (κ2) is 8.99. The Morgan fingerprint density at radius 2 is 1.78 bits per heavy atom. The summed E-state index contributed by atoms with van der Waals surface area (Å²) in [7, 11) is 0. The lowest BCUT2D eigenvalue weighted by atomic mass is 9.88. The number of hydrogen-bond acceptors (Lipinski definition) is 4. The molecule has 6 nitrogen and oxygen atoms in total. The van der Waals surface area contributed by atoms with Gasteiger partial charge in [-0.1, -0.05) is 31.4 Å². The van der Waals surface area contributed by atoms with E-state index in [-0.39, 0.29) is 17.6 Å². The van der Waals surface area contributed by atoms with Crippen LogP contribution in [0.2, 0.25) is 0 Å². The van der Waals surface area contributed by atoms with Gasteiger partial charge in [0, 0.05) is 11.6 Å². The smallest absolute Gasteiger partial charge is 0.307 e. The lowest BCUT2D eigenvalue weighted by Gasteiger charge is -2.20. The van der Waals surface area contributed by atoms with Crippen LogP contribution in [0.25, 0.3) is 0 Å². The third kappa shape index (κ3) is 5.29. The molecule has 1 aromatic heterocycles. The number of carbonyl (C=O) groups is 2. The van der Waals surface area contributed by atoms with Crippen LogP contribution in [-0.2, 0) is 4.79 Å². The largest absolute Gasteiger partial charge is 0.444 e. The SMILES string of the molecule is C/C(=N/NC(=O)c1ccc(Br)o1)c1ccc(NC(=O)C2CCCCC2)cc1. The van der Waals surface area contributed by atoms with Crippen LogP contribution in [0.1, 0.15) is 55.1 Å². The molecule has 1 fully saturated rings. The van der Waals surface area contributed by atoms with E-state index in [0.717, 1.165) is 36.9 Å². The molecule has 0 radical (unpaired) electrons. The molecular weight excluding hydrogens is 410 g/mol. The van der Waals surface area contributed by atoms with E-state index < -0.39 is 5.91 Å². The lowest BCUT2D eigenvalue weighted by molar-refractivity contribution is -0.120. The van der Waals surface area contributed by atoms with Crippen molar-refractivity contribution >= 4 is 39.1 Å². The molecule has 1 heterocycles. The van der Waals surface area contributed by atoms with Crippen molar-refractivity contribution in [1.29, 1.82) is 0 Å². The molecule has 7 heteroatoms. The summed E-state index contributed by atoms with van der Waals surface area (Å²) in [5, 5.41) is 7.08. The Morgan fingerprint density at radius 1 is 1.07 bits per heavy atom. The minimum absolute atomic E-state index is 0.102. The highest BCUT2D eigenvalue weighted by Gasteiger charge is 2.21. The Morgan fingerprint density at radius 3 is 2.41 bits per heavy atom. The summed E-state index contributed by atoms with van der Waals surface area (Å²) in [5.41, 5.74) is 4.74. The van der Waals surface area contributed by atoms with Crippen LogP contribution < -0.4 is 10.7 Å². The van der Waals surface area contributed by atoms with Crippen molar-refractivity contribution in [1.82, 2.24) is 5.43 Å². The number of rotatable bonds is 5. The first kappa shape index (κ1) is 19.4. The number of hydrazone groups is 1. The third-order valence-corrected chi connectivity index (χ3v) is 5.09. The van der Waals surface area contributed by atoms with Gasteiger partial charge in [-0.25, -0.2) is 5.43 Å². The maximum atomic E-state index is 12.3. The van der Waals surface area contributed by atoms with Crippen LogP contribution in [0.3, 0.4) is 0 Å². The average molecular weight is 432 g/mol. The van der Waals surface area contributed by atoms with E-state index in [1.54, 1.807) is 19.1 Å². The highest BCUT2D eigenvalue weighted by Crippen LogP contribution is 2.25. The Hall–Kier alpha value is -2.41. The molecule has 2 N–H and O–H groups in total. The van der Waals surface area contributed by atoms with Crippen molar-refractivity contribution in [3.63, 3.8) is 0 Å². The van der Waals surface area contributed by atoms with Crippen molar-refractivity contribution in [2.24, 2.45) is 11.0 Å². The summed E-state index contributed by atoms with van der Waals surface area (Å²) in [6, 6.07) is 10.6. The van der Waals surface area contributed by atoms with Gasteiger partial charge in [-0.05, 0) is 65.5 Å². The fourth-order valence-corrected chi connectivity index (χ4v) is 3.40. The number of anilines is 1. The van der Waals surface area contributed by atoms with E-state index in [1.807, 2.05) is 24.3 Å². The second-order valence-electron chi connectivity index (χ2n) is 6.64. The fraction of sp³-hybridized carbons (Fsp3) is 0.350. The summed E-state index contributed by atoms with van der Waals surface area (Å²) >= 11 is 3.15. The maximum absolute atomic E-state index is 12.3. The average Bonchev–Trinajstić information content (AvgIpc) is 3.13. The van der Waals surface area contributed by atoms with Gasteiger partial charge in [0.15, 0.2) is 10.4 Å². The van der Waals surface area contributed by atoms with Gasteiger partial charge in [-0.3, -0.25) is 9.59 Å². The zero-order valence-electron chi connectivity index (χ0n) is 15.1. The van der Waals surface area contributed by atoms with Crippen LogP contribution in [-0.4, -0.2) is 17.5 Å². The van der Waals surface area contributed by atoms with Crippen molar-refractivity contribution in [2.45, 2.75) is 39.0 Å². The molecule has 1 aliphatic rings. The Labute approximate surface area is 166 Å². The number of benzene rings is 1. The molecule has 27 heavy (non-hydrogen) atoms. The predicted octanol–water partition coefficient (Wildman–Crippen LogP) is 4.71. The normalized spacial score (nSPS) is 15.4. The van der Waals surface area contributed by atoms with Gasteiger partial charge < -0.3 is 9.73 Å². The van der Waals surface area contributed by atoms with Gasteiger partial charge in [0.25, 0.3) is 0 Å². The third-order valence-electron chi connectivity index (χ3n) is 4.67. The topological polar surface area (TPSA) is 83.7 Å². The monoisotopic (exact) mass is 431 g/mol. The highest BCUT2D eigenvalue weighted by molar-refractivity contribution is 9.10. The van der Waals surface area contributed by atoms with Gasteiger partial charge in [-0.2, -0.15) is 5.10 Å². The number of hydrogen-bond donors (Lipinski definition) is 2. The minimum Gasteiger partial charge on any atom is -0.444 e. The molecule has 1 aromatic carbocycles. The maximum Gasteiger partial charge on any atom is 0.307 e. The van der Waals surface area contributed by atoms with Gasteiger partial charge in [0.1, 0.15) is 0 Å². The Bertz CT molecular complexity index is 836. The number of amides is 2. The van der Waals surface area contributed by atoms with E-state index in [0.29, 0.717) is 10.4 Å². The van der Waals surface area contributed by atoms with Crippen LogP contribution in [0.4, 0.5) is 5.69 Å². The molecule has 142 valence electrons. The van der Waals surface area contributed by atoms with E-state index >= 15 is 0 Å². The minimum atomic E-state index is -0.420. The first-order valence-corrected chi connectivity index (χ1v) is 9.83. The molecule has 0 atom stereocenters. The zero-order valence-corrected chi connectivity index (χ0v) is 16.7. The first-order chi connectivity index (χ1) is 13.0. The van der Waals surface area contributed by atoms with Gasteiger partial charge in [0.05, 0.1) is 5.71 Å². The van der Waals surface area contributed by atoms with E-state index in [9.17, 15) is 9.59 Å². The van der Waals surface area contributed by atoms with Gasteiger partial charge in [-0.15, -0.1) is 0 Å². The second-order valence-corrected chi connectivity index (χ2v) is 7.43.